The van der Waals surface area contributed by atoms with Gasteiger partial charge >= 0.3 is 0 Å². The van der Waals surface area contributed by atoms with E-state index < -0.39 is 5.82 Å². The minimum atomic E-state index is -0.448. The Morgan fingerprint density at radius 1 is 1.25 bits per heavy atom. The zero-order chi connectivity index (χ0) is 19.9. The van der Waals surface area contributed by atoms with E-state index in [0.29, 0.717) is 48.4 Å². The van der Waals surface area contributed by atoms with Gasteiger partial charge in [-0.1, -0.05) is 0 Å². The number of hydrogen-bond acceptors (Lipinski definition) is 4. The molecule has 1 aromatic carbocycles. The number of hydrogen-bond donors (Lipinski definition) is 2. The summed E-state index contributed by atoms with van der Waals surface area (Å²) in [5.74, 6) is -0.615. The van der Waals surface area contributed by atoms with Crippen LogP contribution < -0.4 is 10.6 Å². The zero-order valence-electron chi connectivity index (χ0n) is 16.0. The van der Waals surface area contributed by atoms with E-state index in [-0.39, 0.29) is 17.4 Å². The first-order valence-corrected chi connectivity index (χ1v) is 9.45. The van der Waals surface area contributed by atoms with Crippen molar-refractivity contribution in [2.24, 2.45) is 0 Å². The molecule has 2 aliphatic rings. The van der Waals surface area contributed by atoms with Gasteiger partial charge in [0.15, 0.2) is 0 Å². The van der Waals surface area contributed by atoms with Gasteiger partial charge in [0, 0.05) is 49.0 Å². The van der Waals surface area contributed by atoms with E-state index in [1.165, 1.54) is 12.3 Å². The van der Waals surface area contributed by atoms with E-state index in [1.54, 1.807) is 18.2 Å². The highest BCUT2D eigenvalue weighted by molar-refractivity contribution is 5.95. The lowest BCUT2D eigenvalue weighted by Gasteiger charge is -2.39. The molecule has 0 aliphatic carbocycles. The molecule has 1 aromatic heterocycles. The fourth-order valence-corrected chi connectivity index (χ4v) is 3.78. The molecule has 0 radical (unpaired) electrons. The second kappa shape index (κ2) is 6.98. The Kier molecular flexibility index (Phi) is 4.63. The summed E-state index contributed by atoms with van der Waals surface area (Å²) in [6, 6.07) is 6.44. The summed E-state index contributed by atoms with van der Waals surface area (Å²) < 4.78 is 14.6. The molecular formula is C21H23FN4O2. The van der Waals surface area contributed by atoms with Crippen molar-refractivity contribution >= 4 is 17.5 Å². The SMILES string of the molecule is CC1(C)CN(C(=O)c2ccc(-c3cc4c(cc3F)NC(=O)CC4)nc2)CCN1. The summed E-state index contributed by atoms with van der Waals surface area (Å²) >= 11 is 0. The Balaban J connectivity index is 1.57. The molecule has 2 aromatic rings. The Hall–Kier alpha value is -2.80. The summed E-state index contributed by atoms with van der Waals surface area (Å²) in [4.78, 5) is 30.4. The summed E-state index contributed by atoms with van der Waals surface area (Å²) in [6.07, 6.45) is 2.47. The number of pyridine rings is 1. The van der Waals surface area contributed by atoms with Gasteiger partial charge in [-0.15, -0.1) is 0 Å². The van der Waals surface area contributed by atoms with Crippen molar-refractivity contribution in [3.05, 3.63) is 47.4 Å². The van der Waals surface area contributed by atoms with Crippen LogP contribution in [0.15, 0.2) is 30.5 Å². The molecule has 0 saturated carbocycles. The number of nitrogens with one attached hydrogen (secondary N) is 2. The monoisotopic (exact) mass is 382 g/mol. The van der Waals surface area contributed by atoms with E-state index in [2.05, 4.69) is 29.5 Å². The van der Waals surface area contributed by atoms with Gasteiger partial charge in [-0.25, -0.2) is 4.39 Å². The summed E-state index contributed by atoms with van der Waals surface area (Å²) in [5.41, 5.74) is 2.62. The minimum absolute atomic E-state index is 0.0674. The molecule has 0 spiro atoms. The number of anilines is 1. The van der Waals surface area contributed by atoms with Crippen LogP contribution in [0.25, 0.3) is 11.3 Å². The minimum Gasteiger partial charge on any atom is -0.335 e. The van der Waals surface area contributed by atoms with Crippen LogP contribution in [0.2, 0.25) is 0 Å². The summed E-state index contributed by atoms with van der Waals surface area (Å²) in [7, 11) is 0. The number of carbonyl (C=O) groups is 2. The molecule has 4 rings (SSSR count). The number of amides is 2. The van der Waals surface area contributed by atoms with Crippen LogP contribution in [-0.2, 0) is 11.2 Å². The van der Waals surface area contributed by atoms with Gasteiger partial charge < -0.3 is 15.5 Å². The number of halogens is 1. The average Bonchev–Trinajstić information content (AvgIpc) is 2.66. The third kappa shape index (κ3) is 3.62. The second-order valence-corrected chi connectivity index (χ2v) is 8.01. The van der Waals surface area contributed by atoms with Crippen LogP contribution in [0, 0.1) is 5.82 Å². The number of aromatic nitrogens is 1. The molecule has 146 valence electrons. The molecule has 0 bridgehead atoms. The number of piperazine rings is 1. The zero-order valence-corrected chi connectivity index (χ0v) is 16.0. The topological polar surface area (TPSA) is 74.3 Å². The Labute approximate surface area is 163 Å². The Morgan fingerprint density at radius 3 is 2.79 bits per heavy atom. The van der Waals surface area contributed by atoms with E-state index >= 15 is 0 Å². The van der Waals surface area contributed by atoms with Gasteiger partial charge in [0.1, 0.15) is 5.82 Å². The maximum atomic E-state index is 14.6. The molecule has 1 fully saturated rings. The lowest BCUT2D eigenvalue weighted by Crippen LogP contribution is -2.58. The third-order valence-electron chi connectivity index (χ3n) is 5.23. The standard InChI is InChI=1S/C21H23FN4O2/c1-21(2)12-26(8-7-24-21)20(28)14-3-5-17(23-11-14)15-9-13-4-6-19(27)25-18(13)10-16(15)22/h3,5,9-11,24H,4,6-8,12H2,1-2H3,(H,25,27). The van der Waals surface area contributed by atoms with Crippen molar-refractivity contribution in [1.29, 1.82) is 0 Å². The molecule has 28 heavy (non-hydrogen) atoms. The normalized spacial score (nSPS) is 18.4. The van der Waals surface area contributed by atoms with Crippen molar-refractivity contribution in [3.63, 3.8) is 0 Å². The second-order valence-electron chi connectivity index (χ2n) is 8.01. The van der Waals surface area contributed by atoms with E-state index in [4.69, 9.17) is 0 Å². The van der Waals surface area contributed by atoms with Gasteiger partial charge in [0.05, 0.1) is 11.3 Å². The highest BCUT2D eigenvalue weighted by atomic mass is 19.1. The van der Waals surface area contributed by atoms with Gasteiger partial charge in [-0.2, -0.15) is 0 Å². The molecule has 7 heteroatoms. The highest BCUT2D eigenvalue weighted by Crippen LogP contribution is 2.30. The van der Waals surface area contributed by atoms with Gasteiger partial charge in [0.25, 0.3) is 5.91 Å². The maximum Gasteiger partial charge on any atom is 0.255 e. The smallest absolute Gasteiger partial charge is 0.255 e. The Morgan fingerprint density at radius 2 is 2.07 bits per heavy atom. The van der Waals surface area contributed by atoms with Crippen LogP contribution >= 0.6 is 0 Å². The van der Waals surface area contributed by atoms with Gasteiger partial charge in [0.2, 0.25) is 5.91 Å². The lowest BCUT2D eigenvalue weighted by molar-refractivity contribution is -0.116. The van der Waals surface area contributed by atoms with Crippen LogP contribution in [0.5, 0.6) is 0 Å². The number of carbonyl (C=O) groups excluding carboxylic acids is 2. The summed E-state index contributed by atoms with van der Waals surface area (Å²) in [5, 5.41) is 6.07. The van der Waals surface area contributed by atoms with Crippen molar-refractivity contribution in [1.82, 2.24) is 15.2 Å². The first-order chi connectivity index (χ1) is 13.3. The van der Waals surface area contributed by atoms with Crippen molar-refractivity contribution in [3.8, 4) is 11.3 Å². The largest absolute Gasteiger partial charge is 0.335 e. The number of nitrogens with zero attached hydrogens (tertiary/aromatic N) is 2. The molecular weight excluding hydrogens is 359 g/mol. The molecule has 0 unspecified atom stereocenters. The van der Waals surface area contributed by atoms with Crippen molar-refractivity contribution in [2.75, 3.05) is 25.0 Å². The third-order valence-corrected chi connectivity index (χ3v) is 5.23. The van der Waals surface area contributed by atoms with Gasteiger partial charge in [-0.3, -0.25) is 14.6 Å². The predicted octanol–water partition coefficient (Wildman–Crippen LogP) is 2.60. The van der Waals surface area contributed by atoms with Crippen LogP contribution in [0.3, 0.4) is 0 Å². The molecule has 2 aliphatic heterocycles. The average molecular weight is 382 g/mol. The number of benzene rings is 1. The van der Waals surface area contributed by atoms with E-state index in [1.807, 2.05) is 4.90 Å². The number of rotatable bonds is 2. The quantitative estimate of drug-likeness (QED) is 0.837. The molecule has 2 N–H and O–H groups in total. The first-order valence-electron chi connectivity index (χ1n) is 9.45. The van der Waals surface area contributed by atoms with E-state index in [9.17, 15) is 14.0 Å². The van der Waals surface area contributed by atoms with Crippen molar-refractivity contribution in [2.45, 2.75) is 32.2 Å². The molecule has 2 amide bonds. The molecule has 6 nitrogen and oxygen atoms in total. The first kappa shape index (κ1) is 18.6. The van der Waals surface area contributed by atoms with Crippen LogP contribution in [-0.4, -0.2) is 46.9 Å². The number of fused-ring (bicyclic) bond motifs is 1. The van der Waals surface area contributed by atoms with Crippen molar-refractivity contribution < 1.29 is 14.0 Å². The maximum absolute atomic E-state index is 14.6. The predicted molar refractivity (Wildman–Crippen MR) is 105 cm³/mol. The fraction of sp³-hybridized carbons (Fsp3) is 0.381. The Bertz CT molecular complexity index is 940. The van der Waals surface area contributed by atoms with Crippen LogP contribution in [0.4, 0.5) is 10.1 Å². The fourth-order valence-electron chi connectivity index (χ4n) is 3.78. The molecule has 3 heterocycles. The number of aryl methyl sites for hydroxylation is 1. The van der Waals surface area contributed by atoms with Crippen LogP contribution in [0.1, 0.15) is 36.2 Å². The molecule has 0 atom stereocenters. The lowest BCUT2D eigenvalue weighted by atomic mass is 9.98. The van der Waals surface area contributed by atoms with E-state index in [0.717, 1.165) is 12.1 Å². The summed E-state index contributed by atoms with van der Waals surface area (Å²) in [6.45, 7) is 6.15. The van der Waals surface area contributed by atoms with Gasteiger partial charge in [-0.05, 0) is 50.1 Å². The highest BCUT2D eigenvalue weighted by Gasteiger charge is 2.29. The molecule has 1 saturated heterocycles.